The van der Waals surface area contributed by atoms with E-state index in [1.165, 1.54) is 18.4 Å². The molecular formula is C24H27NO4. The number of hydrogen-bond acceptors (Lipinski definition) is 4. The number of pyridine rings is 1. The normalized spacial score (nSPS) is 18.6. The van der Waals surface area contributed by atoms with Crippen LogP contribution in [0.15, 0.2) is 29.2 Å². The molecule has 1 aromatic heterocycles. The third kappa shape index (κ3) is 3.07. The molecule has 0 radical (unpaired) electrons. The first kappa shape index (κ1) is 18.5. The van der Waals surface area contributed by atoms with Crippen LogP contribution in [0.5, 0.6) is 5.75 Å². The first-order valence-electron chi connectivity index (χ1n) is 10.7. The summed E-state index contributed by atoms with van der Waals surface area (Å²) in [6.45, 7) is 4.87. The molecule has 2 saturated carbocycles. The Labute approximate surface area is 170 Å². The Balaban J connectivity index is 1.61. The number of aryl methyl sites for hydroxylation is 1. The standard InChI is InChI=1S/C24H27NO4/c1-3-28-23(27)19-13-25-20(11-21(19)26)18-9-15(2)22(29-14-16-5-6-16)10-17(18)12-24(25)7-4-8-24/h9-11,13,16H,3-8,12,14H2,1-2H3. The zero-order valence-corrected chi connectivity index (χ0v) is 17.1. The van der Waals surface area contributed by atoms with Gasteiger partial charge in [0.05, 0.1) is 18.9 Å². The highest BCUT2D eigenvalue weighted by atomic mass is 16.5. The Morgan fingerprint density at radius 3 is 2.69 bits per heavy atom. The third-order valence-corrected chi connectivity index (χ3v) is 6.71. The summed E-state index contributed by atoms with van der Waals surface area (Å²) in [6.07, 6.45) is 8.45. The molecule has 0 unspecified atom stereocenters. The van der Waals surface area contributed by atoms with Crippen molar-refractivity contribution in [3.05, 3.63) is 51.3 Å². The lowest BCUT2D eigenvalue weighted by atomic mass is 9.69. The van der Waals surface area contributed by atoms with E-state index in [0.29, 0.717) is 5.92 Å². The van der Waals surface area contributed by atoms with Crippen LogP contribution >= 0.6 is 0 Å². The molecule has 1 aliphatic heterocycles. The number of carbonyl (C=O) groups is 1. The van der Waals surface area contributed by atoms with Crippen LogP contribution in [0.3, 0.4) is 0 Å². The molecule has 3 aliphatic rings. The van der Waals surface area contributed by atoms with Crippen molar-refractivity contribution < 1.29 is 14.3 Å². The molecule has 0 bridgehead atoms. The summed E-state index contributed by atoms with van der Waals surface area (Å²) in [5, 5.41) is 0. The molecule has 2 fully saturated rings. The second kappa shape index (κ2) is 6.75. The van der Waals surface area contributed by atoms with E-state index in [-0.39, 0.29) is 23.1 Å². The van der Waals surface area contributed by atoms with Crippen molar-refractivity contribution in [1.29, 1.82) is 0 Å². The summed E-state index contributed by atoms with van der Waals surface area (Å²) < 4.78 is 13.4. The van der Waals surface area contributed by atoms with Crippen LogP contribution in [-0.4, -0.2) is 23.8 Å². The van der Waals surface area contributed by atoms with Gasteiger partial charge in [0.15, 0.2) is 5.43 Å². The summed E-state index contributed by atoms with van der Waals surface area (Å²) >= 11 is 0. The lowest BCUT2D eigenvalue weighted by Gasteiger charge is -2.49. The number of carbonyl (C=O) groups excluding carboxylic acids is 1. The van der Waals surface area contributed by atoms with Gasteiger partial charge in [0, 0.05) is 23.4 Å². The number of benzene rings is 1. The molecule has 0 N–H and O–H groups in total. The van der Waals surface area contributed by atoms with Crippen molar-refractivity contribution in [2.45, 2.75) is 57.9 Å². The quantitative estimate of drug-likeness (QED) is 0.714. The zero-order chi connectivity index (χ0) is 20.2. The van der Waals surface area contributed by atoms with Gasteiger partial charge in [-0.25, -0.2) is 4.79 Å². The molecule has 1 aromatic carbocycles. The lowest BCUT2D eigenvalue weighted by molar-refractivity contribution is 0.0521. The van der Waals surface area contributed by atoms with E-state index in [9.17, 15) is 9.59 Å². The van der Waals surface area contributed by atoms with Crippen LogP contribution in [-0.2, 0) is 16.7 Å². The molecule has 5 heteroatoms. The Morgan fingerprint density at radius 2 is 2.03 bits per heavy atom. The average molecular weight is 393 g/mol. The summed E-state index contributed by atoms with van der Waals surface area (Å²) in [4.78, 5) is 25.0. The van der Waals surface area contributed by atoms with Crippen LogP contribution in [0, 0.1) is 12.8 Å². The van der Waals surface area contributed by atoms with Gasteiger partial charge in [-0.05, 0) is 81.5 Å². The first-order chi connectivity index (χ1) is 14.0. The van der Waals surface area contributed by atoms with Gasteiger partial charge in [-0.15, -0.1) is 0 Å². The van der Waals surface area contributed by atoms with E-state index in [0.717, 1.165) is 54.9 Å². The maximum Gasteiger partial charge on any atom is 0.343 e. The van der Waals surface area contributed by atoms with Crippen LogP contribution in [0.1, 0.15) is 60.5 Å². The molecular weight excluding hydrogens is 366 g/mol. The zero-order valence-electron chi connectivity index (χ0n) is 17.1. The smallest absolute Gasteiger partial charge is 0.343 e. The highest BCUT2D eigenvalue weighted by Gasteiger charge is 2.43. The summed E-state index contributed by atoms with van der Waals surface area (Å²) in [6, 6.07) is 5.94. The fourth-order valence-corrected chi connectivity index (χ4v) is 4.70. The lowest BCUT2D eigenvalue weighted by Crippen LogP contribution is -2.46. The minimum Gasteiger partial charge on any atom is -0.493 e. The fourth-order valence-electron chi connectivity index (χ4n) is 4.70. The van der Waals surface area contributed by atoms with Crippen molar-refractivity contribution >= 4 is 5.97 Å². The molecule has 0 amide bonds. The fraction of sp³-hybridized carbons (Fsp3) is 0.500. The van der Waals surface area contributed by atoms with Crippen molar-refractivity contribution in [3.8, 4) is 17.0 Å². The van der Waals surface area contributed by atoms with Gasteiger partial charge in [-0.2, -0.15) is 0 Å². The molecule has 2 aliphatic carbocycles. The van der Waals surface area contributed by atoms with E-state index in [2.05, 4.69) is 23.6 Å². The minimum absolute atomic E-state index is 0.0553. The van der Waals surface area contributed by atoms with Gasteiger partial charge >= 0.3 is 5.97 Å². The number of rotatable bonds is 5. The van der Waals surface area contributed by atoms with Gasteiger partial charge in [0.2, 0.25) is 0 Å². The summed E-state index contributed by atoms with van der Waals surface area (Å²) in [5.41, 5.74) is 4.11. The van der Waals surface area contributed by atoms with Gasteiger partial charge in [-0.3, -0.25) is 4.79 Å². The van der Waals surface area contributed by atoms with Crippen molar-refractivity contribution in [2.75, 3.05) is 13.2 Å². The van der Waals surface area contributed by atoms with E-state index in [1.807, 2.05) is 0 Å². The van der Waals surface area contributed by atoms with Gasteiger partial charge in [0.25, 0.3) is 0 Å². The number of nitrogens with zero attached hydrogens (tertiary/aromatic N) is 1. The Morgan fingerprint density at radius 1 is 1.24 bits per heavy atom. The number of esters is 1. The summed E-state index contributed by atoms with van der Waals surface area (Å²) in [5.74, 6) is 1.14. The predicted octanol–water partition coefficient (Wildman–Crippen LogP) is 4.22. The highest BCUT2D eigenvalue weighted by molar-refractivity contribution is 5.89. The number of ether oxygens (including phenoxy) is 2. The predicted molar refractivity (Wildman–Crippen MR) is 111 cm³/mol. The molecule has 152 valence electrons. The Hall–Kier alpha value is -2.56. The maximum absolute atomic E-state index is 12.7. The summed E-state index contributed by atoms with van der Waals surface area (Å²) in [7, 11) is 0. The molecule has 5 rings (SSSR count). The van der Waals surface area contributed by atoms with Crippen molar-refractivity contribution in [3.63, 3.8) is 0 Å². The minimum atomic E-state index is -0.534. The van der Waals surface area contributed by atoms with Gasteiger partial charge < -0.3 is 14.0 Å². The number of hydrogen-bond donors (Lipinski definition) is 0. The second-order valence-corrected chi connectivity index (χ2v) is 8.81. The van der Waals surface area contributed by atoms with E-state index >= 15 is 0 Å². The molecule has 29 heavy (non-hydrogen) atoms. The number of fused-ring (bicyclic) bond motifs is 4. The molecule has 5 nitrogen and oxygen atoms in total. The largest absolute Gasteiger partial charge is 0.493 e. The Kier molecular flexibility index (Phi) is 4.30. The van der Waals surface area contributed by atoms with Crippen molar-refractivity contribution in [2.24, 2.45) is 5.92 Å². The van der Waals surface area contributed by atoms with Crippen LogP contribution in [0.25, 0.3) is 11.3 Å². The first-order valence-corrected chi connectivity index (χ1v) is 10.7. The number of aromatic nitrogens is 1. The van der Waals surface area contributed by atoms with E-state index in [4.69, 9.17) is 9.47 Å². The second-order valence-electron chi connectivity index (χ2n) is 8.81. The van der Waals surface area contributed by atoms with Crippen LogP contribution in [0.2, 0.25) is 0 Å². The van der Waals surface area contributed by atoms with E-state index in [1.54, 1.807) is 19.2 Å². The highest BCUT2D eigenvalue weighted by Crippen LogP contribution is 2.49. The average Bonchev–Trinajstić information content (AvgIpc) is 3.49. The molecule has 2 aromatic rings. The van der Waals surface area contributed by atoms with Crippen LogP contribution in [0.4, 0.5) is 0 Å². The molecule has 0 saturated heterocycles. The maximum atomic E-state index is 12.7. The monoisotopic (exact) mass is 393 g/mol. The van der Waals surface area contributed by atoms with Crippen LogP contribution < -0.4 is 10.2 Å². The Bertz CT molecular complexity index is 1040. The van der Waals surface area contributed by atoms with Gasteiger partial charge in [-0.1, -0.05) is 0 Å². The third-order valence-electron chi connectivity index (χ3n) is 6.71. The SMILES string of the molecule is CCOC(=O)c1cn2c(cc1=O)-c1cc(C)c(OCC3CC3)cc1CC21CCC1. The van der Waals surface area contributed by atoms with Gasteiger partial charge in [0.1, 0.15) is 11.3 Å². The van der Waals surface area contributed by atoms with E-state index < -0.39 is 5.97 Å². The molecule has 0 atom stereocenters. The molecule has 1 spiro atoms. The topological polar surface area (TPSA) is 57.5 Å². The molecule has 2 heterocycles. The van der Waals surface area contributed by atoms with Crippen molar-refractivity contribution in [1.82, 2.24) is 4.57 Å².